The fourth-order valence-electron chi connectivity index (χ4n) is 2.37. The van der Waals surface area contributed by atoms with Crippen LogP contribution in [0.4, 0.5) is 0 Å². The Balaban J connectivity index is 2.39. The Morgan fingerprint density at radius 1 is 1.00 bits per heavy atom. The fraction of sp³-hybridized carbons (Fsp3) is 0.278. The third kappa shape index (κ3) is 3.39. The van der Waals surface area contributed by atoms with Crippen LogP contribution in [0.2, 0.25) is 0 Å². The Morgan fingerprint density at radius 2 is 1.57 bits per heavy atom. The first kappa shape index (κ1) is 16.7. The minimum atomic E-state index is -0.873. The number of phenols is 3. The van der Waals surface area contributed by atoms with Crippen molar-refractivity contribution in [1.82, 2.24) is 0 Å². The summed E-state index contributed by atoms with van der Waals surface area (Å²) in [4.78, 5) is 11.3. The van der Waals surface area contributed by atoms with E-state index in [1.807, 2.05) is 24.3 Å². The van der Waals surface area contributed by atoms with Gasteiger partial charge in [0.25, 0.3) is 5.91 Å². The Bertz CT molecular complexity index is 743. The number of phenolic OH excluding ortho intramolecular Hbond substituents is 2. The molecule has 0 aliphatic rings. The number of aromatic hydroxyl groups is 3. The lowest BCUT2D eigenvalue weighted by Gasteiger charge is -2.19. The van der Waals surface area contributed by atoms with Crippen LogP contribution in [-0.4, -0.2) is 21.2 Å². The van der Waals surface area contributed by atoms with E-state index in [1.165, 1.54) is 11.6 Å². The van der Waals surface area contributed by atoms with Crippen molar-refractivity contribution in [2.75, 3.05) is 0 Å². The topological polar surface area (TPSA) is 104 Å². The van der Waals surface area contributed by atoms with Crippen LogP contribution in [-0.2, 0) is 11.8 Å². The van der Waals surface area contributed by atoms with Crippen molar-refractivity contribution in [3.63, 3.8) is 0 Å². The van der Waals surface area contributed by atoms with Crippen molar-refractivity contribution in [2.24, 2.45) is 5.73 Å². The maximum absolute atomic E-state index is 11.3. The maximum atomic E-state index is 11.3. The zero-order chi connectivity index (χ0) is 17.4. The molecule has 2 aromatic rings. The summed E-state index contributed by atoms with van der Waals surface area (Å²) < 4.78 is 0. The van der Waals surface area contributed by atoms with Gasteiger partial charge in [0, 0.05) is 12.0 Å². The summed E-state index contributed by atoms with van der Waals surface area (Å²) in [5, 5.41) is 29.4. The van der Waals surface area contributed by atoms with Crippen molar-refractivity contribution in [2.45, 2.75) is 32.6 Å². The van der Waals surface area contributed by atoms with Crippen LogP contribution in [0.25, 0.3) is 0 Å². The van der Waals surface area contributed by atoms with Gasteiger partial charge in [-0.3, -0.25) is 4.79 Å². The summed E-state index contributed by atoms with van der Waals surface area (Å²) in [6.07, 6.45) is 0.296. The van der Waals surface area contributed by atoms with Crippen LogP contribution in [0.1, 0.15) is 47.8 Å². The summed E-state index contributed by atoms with van der Waals surface area (Å²) in [5.74, 6) is -2.76. The van der Waals surface area contributed by atoms with Gasteiger partial charge < -0.3 is 21.1 Å². The fourth-order valence-corrected chi connectivity index (χ4v) is 2.37. The standard InChI is InChI=1S/C18H21NO4/c1-18(2,3)12-6-4-10(5-7-12)8-11-9-13(17(19)23)15(21)16(22)14(11)20/h4-7,9,20-22H,8H2,1-3H3,(H2,19,23). The van der Waals surface area contributed by atoms with Gasteiger partial charge in [-0.2, -0.15) is 0 Å². The van der Waals surface area contributed by atoms with Crippen LogP contribution in [0.5, 0.6) is 17.2 Å². The third-order valence-corrected chi connectivity index (χ3v) is 3.81. The van der Waals surface area contributed by atoms with Crippen LogP contribution >= 0.6 is 0 Å². The third-order valence-electron chi connectivity index (χ3n) is 3.81. The largest absolute Gasteiger partial charge is 0.504 e. The Labute approximate surface area is 135 Å². The van der Waals surface area contributed by atoms with Gasteiger partial charge in [-0.15, -0.1) is 0 Å². The number of carbonyl (C=O) groups excluding carboxylic acids is 1. The van der Waals surface area contributed by atoms with Crippen molar-refractivity contribution in [1.29, 1.82) is 0 Å². The molecule has 23 heavy (non-hydrogen) atoms. The first-order valence-electron chi connectivity index (χ1n) is 7.27. The molecule has 2 rings (SSSR count). The molecule has 0 bridgehead atoms. The van der Waals surface area contributed by atoms with Crippen LogP contribution in [0.15, 0.2) is 30.3 Å². The molecule has 0 aliphatic carbocycles. The minimum absolute atomic E-state index is 0.0383. The molecule has 5 nitrogen and oxygen atoms in total. The molecule has 0 fully saturated rings. The lowest BCUT2D eigenvalue weighted by molar-refractivity contribution is 0.0997. The summed E-state index contributed by atoms with van der Waals surface area (Å²) in [6, 6.07) is 9.15. The highest BCUT2D eigenvalue weighted by Crippen LogP contribution is 2.41. The van der Waals surface area contributed by atoms with Crippen molar-refractivity contribution in [3.05, 3.63) is 52.6 Å². The van der Waals surface area contributed by atoms with E-state index in [1.54, 1.807) is 0 Å². The normalized spacial score (nSPS) is 11.4. The smallest absolute Gasteiger partial charge is 0.252 e. The second kappa shape index (κ2) is 5.83. The summed E-state index contributed by atoms with van der Waals surface area (Å²) in [7, 11) is 0. The Kier molecular flexibility index (Phi) is 4.23. The zero-order valence-corrected chi connectivity index (χ0v) is 13.4. The van der Waals surface area contributed by atoms with E-state index in [4.69, 9.17) is 5.73 Å². The molecule has 122 valence electrons. The van der Waals surface area contributed by atoms with Crippen LogP contribution in [0.3, 0.4) is 0 Å². The average molecular weight is 315 g/mol. The van der Waals surface area contributed by atoms with E-state index < -0.39 is 23.2 Å². The number of amides is 1. The van der Waals surface area contributed by atoms with E-state index >= 15 is 0 Å². The predicted molar refractivity (Wildman–Crippen MR) is 87.9 cm³/mol. The molecule has 1 amide bonds. The first-order chi connectivity index (χ1) is 10.6. The zero-order valence-electron chi connectivity index (χ0n) is 13.4. The minimum Gasteiger partial charge on any atom is -0.504 e. The SMILES string of the molecule is CC(C)(C)c1ccc(Cc2cc(C(N)=O)c(O)c(O)c2O)cc1. The highest BCUT2D eigenvalue weighted by atomic mass is 16.3. The molecule has 5 N–H and O–H groups in total. The number of primary amides is 1. The van der Waals surface area contributed by atoms with Gasteiger partial charge in [0.15, 0.2) is 11.5 Å². The molecule has 0 aliphatic heterocycles. The summed E-state index contributed by atoms with van der Waals surface area (Å²) >= 11 is 0. The number of nitrogens with two attached hydrogens (primary N) is 1. The molecule has 0 saturated carbocycles. The molecule has 2 aromatic carbocycles. The molecule has 5 heteroatoms. The van der Waals surface area contributed by atoms with Crippen molar-refractivity contribution < 1.29 is 20.1 Å². The van der Waals surface area contributed by atoms with E-state index in [0.29, 0.717) is 12.0 Å². The number of carbonyl (C=O) groups is 1. The summed E-state index contributed by atoms with van der Waals surface area (Å²) in [6.45, 7) is 6.35. The number of hydrogen-bond acceptors (Lipinski definition) is 4. The number of hydrogen-bond donors (Lipinski definition) is 4. The molecule has 0 atom stereocenters. The highest BCUT2D eigenvalue weighted by Gasteiger charge is 2.20. The van der Waals surface area contributed by atoms with E-state index in [9.17, 15) is 20.1 Å². The Hall–Kier alpha value is -2.69. The van der Waals surface area contributed by atoms with E-state index in [2.05, 4.69) is 20.8 Å². The molecular weight excluding hydrogens is 294 g/mol. The van der Waals surface area contributed by atoms with Gasteiger partial charge in [0.1, 0.15) is 0 Å². The first-order valence-corrected chi connectivity index (χ1v) is 7.27. The number of rotatable bonds is 3. The second-order valence-corrected chi connectivity index (χ2v) is 6.62. The quantitative estimate of drug-likeness (QED) is 0.654. The maximum Gasteiger partial charge on any atom is 0.252 e. The second-order valence-electron chi connectivity index (χ2n) is 6.62. The average Bonchev–Trinajstić information content (AvgIpc) is 2.47. The predicted octanol–water partition coefficient (Wildman–Crippen LogP) is 2.79. The van der Waals surface area contributed by atoms with Crippen molar-refractivity contribution in [3.8, 4) is 17.2 Å². The van der Waals surface area contributed by atoms with Crippen molar-refractivity contribution >= 4 is 5.91 Å². The molecule has 0 aromatic heterocycles. The van der Waals surface area contributed by atoms with Gasteiger partial charge in [-0.1, -0.05) is 45.0 Å². The lowest BCUT2D eigenvalue weighted by atomic mass is 9.86. The van der Waals surface area contributed by atoms with Crippen LogP contribution in [0, 0.1) is 0 Å². The molecule has 0 radical (unpaired) electrons. The van der Waals surface area contributed by atoms with E-state index in [-0.39, 0.29) is 11.0 Å². The van der Waals surface area contributed by atoms with Crippen LogP contribution < -0.4 is 5.73 Å². The van der Waals surface area contributed by atoms with Gasteiger partial charge in [0.2, 0.25) is 5.75 Å². The highest BCUT2D eigenvalue weighted by molar-refractivity contribution is 5.97. The molecule has 0 heterocycles. The molecule has 0 unspecified atom stereocenters. The lowest BCUT2D eigenvalue weighted by Crippen LogP contribution is -2.12. The van der Waals surface area contributed by atoms with Gasteiger partial charge in [-0.05, 0) is 22.6 Å². The Morgan fingerprint density at radius 3 is 2.04 bits per heavy atom. The molecular formula is C18H21NO4. The van der Waals surface area contributed by atoms with Gasteiger partial charge in [-0.25, -0.2) is 0 Å². The van der Waals surface area contributed by atoms with Gasteiger partial charge in [0.05, 0.1) is 5.56 Å². The molecule has 0 saturated heterocycles. The number of benzene rings is 2. The monoisotopic (exact) mass is 315 g/mol. The molecule has 0 spiro atoms. The summed E-state index contributed by atoms with van der Waals surface area (Å²) in [5.41, 5.74) is 7.38. The van der Waals surface area contributed by atoms with Gasteiger partial charge >= 0.3 is 0 Å². The van der Waals surface area contributed by atoms with E-state index in [0.717, 1.165) is 5.56 Å².